The number of benzene rings is 2. The fourth-order valence-electron chi connectivity index (χ4n) is 3.47. The number of halogens is 1. The number of aryl methyl sites for hydroxylation is 1. The Morgan fingerprint density at radius 2 is 1.87 bits per heavy atom. The van der Waals surface area contributed by atoms with Gasteiger partial charge in [-0.05, 0) is 55.2 Å². The summed E-state index contributed by atoms with van der Waals surface area (Å²) in [5.74, 6) is 0. The number of rotatable bonds is 3. The van der Waals surface area contributed by atoms with E-state index in [0.29, 0.717) is 12.1 Å². The van der Waals surface area contributed by atoms with E-state index in [-0.39, 0.29) is 0 Å². The van der Waals surface area contributed by atoms with E-state index in [0.717, 1.165) is 24.7 Å². The monoisotopic (exact) mass is 328 g/mol. The molecule has 1 saturated heterocycles. The zero-order valence-corrected chi connectivity index (χ0v) is 14.9. The van der Waals surface area contributed by atoms with Crippen molar-refractivity contribution >= 4 is 11.6 Å². The van der Waals surface area contributed by atoms with E-state index in [2.05, 4.69) is 61.3 Å². The smallest absolute Gasteiger partial charge is 0.0450 e. The van der Waals surface area contributed by atoms with E-state index in [1.165, 1.54) is 22.3 Å². The molecule has 3 rings (SSSR count). The van der Waals surface area contributed by atoms with Crippen LogP contribution in [0.3, 0.4) is 0 Å². The Morgan fingerprint density at radius 1 is 1.13 bits per heavy atom. The quantitative estimate of drug-likeness (QED) is 0.881. The number of hydrogen-bond acceptors (Lipinski definition) is 2. The highest BCUT2D eigenvalue weighted by Crippen LogP contribution is 2.29. The Hall–Kier alpha value is -1.35. The van der Waals surface area contributed by atoms with Crippen LogP contribution in [0, 0.1) is 13.8 Å². The van der Waals surface area contributed by atoms with Gasteiger partial charge in [0.15, 0.2) is 0 Å². The van der Waals surface area contributed by atoms with E-state index in [1.807, 2.05) is 12.1 Å². The molecule has 1 fully saturated rings. The molecule has 23 heavy (non-hydrogen) atoms. The molecule has 0 aromatic heterocycles. The average molecular weight is 329 g/mol. The topological polar surface area (TPSA) is 15.3 Å². The first-order valence-corrected chi connectivity index (χ1v) is 8.73. The molecule has 0 aliphatic carbocycles. The SMILES string of the molecule is Cc1cccc(C(C)N2CCNC(c3ccc(Cl)cc3)C2)c1C. The summed E-state index contributed by atoms with van der Waals surface area (Å²) >= 11 is 6.01. The van der Waals surface area contributed by atoms with Crippen molar-refractivity contribution < 1.29 is 0 Å². The zero-order chi connectivity index (χ0) is 16.4. The van der Waals surface area contributed by atoms with Crippen LogP contribution in [0.4, 0.5) is 0 Å². The highest BCUT2D eigenvalue weighted by Gasteiger charge is 2.25. The van der Waals surface area contributed by atoms with Gasteiger partial charge in [0.2, 0.25) is 0 Å². The number of hydrogen-bond donors (Lipinski definition) is 1. The Balaban J connectivity index is 1.77. The summed E-state index contributed by atoms with van der Waals surface area (Å²) in [5, 5.41) is 4.43. The third-order valence-corrected chi connectivity index (χ3v) is 5.38. The normalized spacial score (nSPS) is 20.4. The Kier molecular flexibility index (Phi) is 5.05. The van der Waals surface area contributed by atoms with E-state index >= 15 is 0 Å². The Labute approximate surface area is 144 Å². The van der Waals surface area contributed by atoms with Gasteiger partial charge >= 0.3 is 0 Å². The molecule has 2 aromatic carbocycles. The van der Waals surface area contributed by atoms with Crippen molar-refractivity contribution in [1.82, 2.24) is 10.2 Å². The summed E-state index contributed by atoms with van der Waals surface area (Å²) < 4.78 is 0. The molecule has 122 valence electrons. The van der Waals surface area contributed by atoms with Crippen LogP contribution in [0.2, 0.25) is 5.02 Å². The van der Waals surface area contributed by atoms with Crippen molar-refractivity contribution in [2.45, 2.75) is 32.9 Å². The van der Waals surface area contributed by atoms with Crippen LogP contribution in [-0.4, -0.2) is 24.5 Å². The van der Waals surface area contributed by atoms with Gasteiger partial charge in [-0.25, -0.2) is 0 Å². The average Bonchev–Trinajstić information content (AvgIpc) is 2.57. The van der Waals surface area contributed by atoms with Crippen LogP contribution >= 0.6 is 11.6 Å². The Bertz CT molecular complexity index is 666. The maximum atomic E-state index is 6.01. The lowest BCUT2D eigenvalue weighted by atomic mass is 9.96. The fourth-order valence-corrected chi connectivity index (χ4v) is 3.59. The lowest BCUT2D eigenvalue weighted by Crippen LogP contribution is -2.46. The maximum Gasteiger partial charge on any atom is 0.0450 e. The Morgan fingerprint density at radius 3 is 2.61 bits per heavy atom. The summed E-state index contributed by atoms with van der Waals surface area (Å²) in [5.41, 5.74) is 5.55. The van der Waals surface area contributed by atoms with Gasteiger partial charge in [0.1, 0.15) is 0 Å². The van der Waals surface area contributed by atoms with E-state index in [9.17, 15) is 0 Å². The van der Waals surface area contributed by atoms with Gasteiger partial charge in [-0.2, -0.15) is 0 Å². The summed E-state index contributed by atoms with van der Waals surface area (Å²) in [6, 6.07) is 15.7. The van der Waals surface area contributed by atoms with Crippen molar-refractivity contribution in [2.24, 2.45) is 0 Å². The number of piperazine rings is 1. The fraction of sp³-hybridized carbons (Fsp3) is 0.400. The van der Waals surface area contributed by atoms with Gasteiger partial charge < -0.3 is 5.32 Å². The second kappa shape index (κ2) is 7.04. The third kappa shape index (κ3) is 3.60. The molecule has 3 heteroatoms. The molecule has 1 heterocycles. The van der Waals surface area contributed by atoms with Gasteiger partial charge in [-0.1, -0.05) is 41.9 Å². The van der Waals surface area contributed by atoms with E-state index in [4.69, 9.17) is 11.6 Å². The first-order valence-electron chi connectivity index (χ1n) is 8.35. The van der Waals surface area contributed by atoms with Crippen LogP contribution < -0.4 is 5.32 Å². The molecule has 1 aliphatic rings. The molecule has 0 amide bonds. The predicted molar refractivity (Wildman–Crippen MR) is 98.1 cm³/mol. The standard InChI is InChI=1S/C20H25ClN2/c1-14-5-4-6-19(15(14)2)16(3)23-12-11-22-20(13-23)17-7-9-18(21)10-8-17/h4-10,16,20,22H,11-13H2,1-3H3. The summed E-state index contributed by atoms with van der Waals surface area (Å²) in [6.07, 6.45) is 0. The maximum absolute atomic E-state index is 6.01. The minimum absolute atomic E-state index is 0.369. The van der Waals surface area contributed by atoms with Crippen molar-refractivity contribution in [3.8, 4) is 0 Å². The molecule has 0 radical (unpaired) electrons. The first-order chi connectivity index (χ1) is 11.1. The summed E-state index contributed by atoms with van der Waals surface area (Å²) in [7, 11) is 0. The van der Waals surface area contributed by atoms with Crippen LogP contribution in [0.25, 0.3) is 0 Å². The minimum atomic E-state index is 0.369. The largest absolute Gasteiger partial charge is 0.308 e. The molecule has 2 atom stereocenters. The molecule has 1 N–H and O–H groups in total. The summed E-state index contributed by atoms with van der Waals surface area (Å²) in [4.78, 5) is 2.58. The first kappa shape index (κ1) is 16.5. The molecule has 0 saturated carbocycles. The van der Waals surface area contributed by atoms with Gasteiger partial charge in [0.25, 0.3) is 0 Å². The second-order valence-electron chi connectivity index (χ2n) is 6.52. The number of nitrogens with zero attached hydrogens (tertiary/aromatic N) is 1. The molecular weight excluding hydrogens is 304 g/mol. The zero-order valence-electron chi connectivity index (χ0n) is 14.1. The molecule has 2 nitrogen and oxygen atoms in total. The lowest BCUT2D eigenvalue weighted by Gasteiger charge is -2.38. The molecular formula is C20H25ClN2. The van der Waals surface area contributed by atoms with Crippen molar-refractivity contribution in [2.75, 3.05) is 19.6 Å². The van der Waals surface area contributed by atoms with E-state index in [1.54, 1.807) is 0 Å². The van der Waals surface area contributed by atoms with Gasteiger partial charge in [-0.15, -0.1) is 0 Å². The lowest BCUT2D eigenvalue weighted by molar-refractivity contribution is 0.153. The van der Waals surface area contributed by atoms with Crippen LogP contribution in [0.1, 0.15) is 41.3 Å². The molecule has 2 unspecified atom stereocenters. The summed E-state index contributed by atoms with van der Waals surface area (Å²) in [6.45, 7) is 9.88. The molecule has 1 aliphatic heterocycles. The number of nitrogens with one attached hydrogen (secondary N) is 1. The van der Waals surface area contributed by atoms with Crippen LogP contribution in [0.5, 0.6) is 0 Å². The van der Waals surface area contributed by atoms with Crippen LogP contribution in [-0.2, 0) is 0 Å². The predicted octanol–water partition coefficient (Wildman–Crippen LogP) is 4.66. The molecule has 2 aromatic rings. The molecule has 0 spiro atoms. The van der Waals surface area contributed by atoms with Crippen molar-refractivity contribution in [1.29, 1.82) is 0 Å². The van der Waals surface area contributed by atoms with Gasteiger partial charge in [-0.3, -0.25) is 4.90 Å². The second-order valence-corrected chi connectivity index (χ2v) is 6.95. The van der Waals surface area contributed by atoms with E-state index < -0.39 is 0 Å². The molecule has 0 bridgehead atoms. The minimum Gasteiger partial charge on any atom is -0.308 e. The van der Waals surface area contributed by atoms with Crippen LogP contribution in [0.15, 0.2) is 42.5 Å². The van der Waals surface area contributed by atoms with Crippen molar-refractivity contribution in [3.05, 3.63) is 69.7 Å². The highest BCUT2D eigenvalue weighted by atomic mass is 35.5. The highest BCUT2D eigenvalue weighted by molar-refractivity contribution is 6.30. The third-order valence-electron chi connectivity index (χ3n) is 5.12. The van der Waals surface area contributed by atoms with Crippen molar-refractivity contribution in [3.63, 3.8) is 0 Å². The van der Waals surface area contributed by atoms with Gasteiger partial charge in [0.05, 0.1) is 0 Å². The van der Waals surface area contributed by atoms with Gasteiger partial charge in [0, 0.05) is 36.7 Å².